The summed E-state index contributed by atoms with van der Waals surface area (Å²) in [4.78, 5) is 23.3. The molecule has 0 fully saturated rings. The van der Waals surface area contributed by atoms with Gasteiger partial charge in [-0.05, 0) is 36.4 Å². The van der Waals surface area contributed by atoms with E-state index in [1.54, 1.807) is 42.7 Å². The van der Waals surface area contributed by atoms with Crippen LogP contribution in [0.4, 0.5) is 0 Å². The maximum atomic E-state index is 12.4. The first-order chi connectivity index (χ1) is 9.17. The Kier molecular flexibility index (Phi) is 3.97. The van der Waals surface area contributed by atoms with Crippen LogP contribution < -0.4 is 4.74 Å². The molecule has 0 spiro atoms. The van der Waals surface area contributed by atoms with Gasteiger partial charge < -0.3 is 4.74 Å². The molecule has 0 amide bonds. The Morgan fingerprint density at radius 3 is 2.42 bits per heavy atom. The van der Waals surface area contributed by atoms with Crippen molar-refractivity contribution in [1.82, 2.24) is 0 Å². The lowest BCUT2D eigenvalue weighted by Gasteiger charge is -2.09. The van der Waals surface area contributed by atoms with E-state index in [9.17, 15) is 9.59 Å². The number of benzene rings is 2. The average molecular weight is 274 g/mol. The zero-order valence-corrected chi connectivity index (χ0v) is 10.9. The van der Waals surface area contributed by atoms with Gasteiger partial charge in [0, 0.05) is 16.1 Å². The Morgan fingerprint density at radius 2 is 1.84 bits per heavy atom. The number of carbonyl (C=O) groups is 1. The highest BCUT2D eigenvalue weighted by Crippen LogP contribution is 2.25. The molecular formula is C15H10ClO3. The van der Waals surface area contributed by atoms with Crippen molar-refractivity contribution in [3.05, 3.63) is 64.2 Å². The van der Waals surface area contributed by atoms with Gasteiger partial charge >= 0.3 is 0 Å². The summed E-state index contributed by atoms with van der Waals surface area (Å²) in [6.45, 7) is 0. The van der Waals surface area contributed by atoms with Crippen LogP contribution in [0.5, 0.6) is 5.75 Å². The highest BCUT2D eigenvalue weighted by molar-refractivity contribution is 6.30. The van der Waals surface area contributed by atoms with Crippen molar-refractivity contribution in [2.75, 3.05) is 7.11 Å². The highest BCUT2D eigenvalue weighted by Gasteiger charge is 2.18. The summed E-state index contributed by atoms with van der Waals surface area (Å²) in [7, 11) is 1.45. The molecule has 0 saturated carbocycles. The lowest BCUT2D eigenvalue weighted by Crippen LogP contribution is -2.07. The van der Waals surface area contributed by atoms with Gasteiger partial charge in [-0.2, -0.15) is 0 Å². The summed E-state index contributed by atoms with van der Waals surface area (Å²) in [5, 5.41) is 0.541. The number of halogens is 1. The summed E-state index contributed by atoms with van der Waals surface area (Å²) in [5.74, 6) is 0.0493. The van der Waals surface area contributed by atoms with Gasteiger partial charge in [0.05, 0.1) is 12.7 Å². The van der Waals surface area contributed by atoms with E-state index in [0.717, 1.165) is 0 Å². The molecule has 0 aliphatic rings. The first-order valence-electron chi connectivity index (χ1n) is 5.52. The van der Waals surface area contributed by atoms with Gasteiger partial charge in [0.25, 0.3) is 0 Å². The molecule has 2 aromatic rings. The van der Waals surface area contributed by atoms with Crippen LogP contribution in [0.2, 0.25) is 5.02 Å². The van der Waals surface area contributed by atoms with Crippen LogP contribution in [0.15, 0.2) is 42.5 Å². The number of ether oxygens (including phenoxy) is 1. The third-order valence-corrected chi connectivity index (χ3v) is 2.94. The molecule has 0 aliphatic carbocycles. The van der Waals surface area contributed by atoms with Crippen LogP contribution in [0, 0.1) is 0 Å². The number of methoxy groups -OCH3 is 1. The van der Waals surface area contributed by atoms with Gasteiger partial charge in [-0.1, -0.05) is 17.7 Å². The summed E-state index contributed by atoms with van der Waals surface area (Å²) in [5.41, 5.74) is 0.826. The molecule has 0 heterocycles. The van der Waals surface area contributed by atoms with E-state index in [1.165, 1.54) is 13.2 Å². The number of carbonyl (C=O) groups excluding carboxylic acids is 2. The second-order valence-corrected chi connectivity index (χ2v) is 4.26. The zero-order chi connectivity index (χ0) is 13.8. The molecule has 0 aliphatic heterocycles. The Labute approximate surface area is 115 Å². The van der Waals surface area contributed by atoms with E-state index in [1.807, 2.05) is 0 Å². The minimum atomic E-state index is -0.299. The maximum absolute atomic E-state index is 12.4. The van der Waals surface area contributed by atoms with Gasteiger partial charge in [-0.25, -0.2) is 0 Å². The predicted octanol–water partition coefficient (Wildman–Crippen LogP) is 3.04. The molecule has 1 radical (unpaired) electrons. The molecule has 0 atom stereocenters. The number of hydrogen-bond acceptors (Lipinski definition) is 3. The van der Waals surface area contributed by atoms with Gasteiger partial charge in [0.15, 0.2) is 5.78 Å². The van der Waals surface area contributed by atoms with Gasteiger partial charge in [0.1, 0.15) is 5.75 Å². The molecule has 19 heavy (non-hydrogen) atoms. The van der Waals surface area contributed by atoms with Crippen molar-refractivity contribution in [2.45, 2.75) is 0 Å². The molecular weight excluding hydrogens is 264 g/mol. The van der Waals surface area contributed by atoms with E-state index >= 15 is 0 Å². The van der Waals surface area contributed by atoms with Crippen molar-refractivity contribution in [3.63, 3.8) is 0 Å². The van der Waals surface area contributed by atoms with Crippen molar-refractivity contribution in [3.8, 4) is 5.75 Å². The molecule has 2 aromatic carbocycles. The van der Waals surface area contributed by atoms with Gasteiger partial charge in [0.2, 0.25) is 6.29 Å². The second-order valence-electron chi connectivity index (χ2n) is 3.82. The van der Waals surface area contributed by atoms with E-state index in [4.69, 9.17) is 16.3 Å². The Balaban J connectivity index is 2.54. The van der Waals surface area contributed by atoms with Crippen LogP contribution >= 0.6 is 11.6 Å². The molecule has 0 unspecified atom stereocenters. The Morgan fingerprint density at radius 1 is 1.16 bits per heavy atom. The average Bonchev–Trinajstić information content (AvgIpc) is 2.46. The van der Waals surface area contributed by atoms with E-state index in [-0.39, 0.29) is 16.9 Å². The third-order valence-electron chi connectivity index (χ3n) is 2.69. The molecule has 4 heteroatoms. The molecule has 2 rings (SSSR count). The molecule has 0 saturated heterocycles. The monoisotopic (exact) mass is 273 g/mol. The second kappa shape index (κ2) is 5.67. The van der Waals surface area contributed by atoms with Crippen molar-refractivity contribution < 1.29 is 14.3 Å². The number of ketones is 1. The zero-order valence-electron chi connectivity index (χ0n) is 10.1. The van der Waals surface area contributed by atoms with Crippen molar-refractivity contribution in [1.29, 1.82) is 0 Å². The van der Waals surface area contributed by atoms with Crippen LogP contribution in [0.3, 0.4) is 0 Å². The summed E-state index contributed by atoms with van der Waals surface area (Å²) in [6, 6.07) is 11.2. The van der Waals surface area contributed by atoms with Gasteiger partial charge in [-0.15, -0.1) is 0 Å². The quantitative estimate of drug-likeness (QED) is 0.804. The summed E-state index contributed by atoms with van der Waals surface area (Å²) >= 11 is 5.78. The summed E-state index contributed by atoms with van der Waals surface area (Å²) < 4.78 is 5.13. The number of hydrogen-bond donors (Lipinski definition) is 0. The van der Waals surface area contributed by atoms with Crippen LogP contribution in [0.25, 0.3) is 0 Å². The lowest BCUT2D eigenvalue weighted by atomic mass is 9.98. The van der Waals surface area contributed by atoms with E-state index in [2.05, 4.69) is 0 Å². The molecule has 95 valence electrons. The summed E-state index contributed by atoms with van der Waals surface area (Å²) in [6.07, 6.45) is 1.76. The normalized spacial score (nSPS) is 10.0. The fourth-order valence-electron chi connectivity index (χ4n) is 1.77. The van der Waals surface area contributed by atoms with Crippen molar-refractivity contribution in [2.24, 2.45) is 0 Å². The highest BCUT2D eigenvalue weighted by atomic mass is 35.5. The fraction of sp³-hybridized carbons (Fsp3) is 0.0667. The van der Waals surface area contributed by atoms with Crippen molar-refractivity contribution >= 4 is 23.7 Å². The Bertz CT molecular complexity index is 618. The fourth-order valence-corrected chi connectivity index (χ4v) is 1.89. The minimum absolute atomic E-state index is 0.180. The molecule has 0 aromatic heterocycles. The third kappa shape index (κ3) is 2.66. The SMILES string of the molecule is COc1cccc([C]=O)c1C(=O)c1ccc(Cl)cc1. The van der Waals surface area contributed by atoms with Crippen LogP contribution in [-0.4, -0.2) is 19.2 Å². The van der Waals surface area contributed by atoms with Crippen LogP contribution in [0.1, 0.15) is 21.5 Å². The standard InChI is InChI=1S/C15H10ClO3/c1-19-13-4-2-3-11(9-17)14(13)15(18)10-5-7-12(16)8-6-10/h2-8H,1H3. The number of rotatable bonds is 4. The molecule has 3 nitrogen and oxygen atoms in total. The Hall–Kier alpha value is -2.13. The maximum Gasteiger partial charge on any atom is 0.234 e. The van der Waals surface area contributed by atoms with E-state index in [0.29, 0.717) is 16.3 Å². The minimum Gasteiger partial charge on any atom is -0.496 e. The molecule has 0 N–H and O–H groups in total. The van der Waals surface area contributed by atoms with Gasteiger partial charge in [-0.3, -0.25) is 9.59 Å². The smallest absolute Gasteiger partial charge is 0.234 e. The largest absolute Gasteiger partial charge is 0.496 e. The first kappa shape index (κ1) is 13.3. The first-order valence-corrected chi connectivity index (χ1v) is 5.90. The molecule has 0 bridgehead atoms. The van der Waals surface area contributed by atoms with Crippen LogP contribution in [-0.2, 0) is 4.79 Å². The predicted molar refractivity (Wildman–Crippen MR) is 72.7 cm³/mol. The topological polar surface area (TPSA) is 43.4 Å². The van der Waals surface area contributed by atoms with E-state index < -0.39 is 0 Å². The lowest BCUT2D eigenvalue weighted by molar-refractivity contribution is 0.103.